The Kier molecular flexibility index (Phi) is 12.7. The zero-order valence-corrected chi connectivity index (χ0v) is 12.7. The standard InChI is InChI=1S/C12H26N2OS2/c1-3-11(2)10-17-16-9-5-4-6-12(15)14-8-7-13/h11H,3-10,13H2,1-2H3,(H,14,15). The zero-order chi connectivity index (χ0) is 12.9. The lowest BCUT2D eigenvalue weighted by Crippen LogP contribution is -2.28. The van der Waals surface area contributed by atoms with Crippen molar-refractivity contribution in [3.63, 3.8) is 0 Å². The van der Waals surface area contributed by atoms with Gasteiger partial charge in [0.15, 0.2) is 0 Å². The van der Waals surface area contributed by atoms with E-state index in [-0.39, 0.29) is 5.91 Å². The Bertz CT molecular complexity index is 191. The number of hydrogen-bond donors (Lipinski definition) is 2. The van der Waals surface area contributed by atoms with Gasteiger partial charge >= 0.3 is 0 Å². The van der Waals surface area contributed by atoms with Crippen LogP contribution in [0.15, 0.2) is 0 Å². The molecule has 3 N–H and O–H groups in total. The molecular weight excluding hydrogens is 252 g/mol. The Morgan fingerprint density at radius 1 is 1.35 bits per heavy atom. The molecule has 0 aliphatic rings. The lowest BCUT2D eigenvalue weighted by Gasteiger charge is -2.06. The maximum atomic E-state index is 11.2. The molecule has 0 aliphatic heterocycles. The molecule has 0 heterocycles. The highest BCUT2D eigenvalue weighted by Crippen LogP contribution is 2.25. The molecule has 0 bridgehead atoms. The van der Waals surface area contributed by atoms with Crippen LogP contribution in [0.25, 0.3) is 0 Å². The lowest BCUT2D eigenvalue weighted by atomic mass is 10.2. The molecule has 17 heavy (non-hydrogen) atoms. The molecule has 5 heteroatoms. The molecule has 3 nitrogen and oxygen atoms in total. The molecule has 0 spiro atoms. The minimum absolute atomic E-state index is 0.132. The second-order valence-electron chi connectivity index (χ2n) is 4.22. The summed E-state index contributed by atoms with van der Waals surface area (Å²) < 4.78 is 0. The first-order valence-corrected chi connectivity index (χ1v) is 8.90. The van der Waals surface area contributed by atoms with Crippen molar-refractivity contribution in [2.75, 3.05) is 24.6 Å². The van der Waals surface area contributed by atoms with Crippen LogP contribution in [0.5, 0.6) is 0 Å². The number of unbranched alkanes of at least 4 members (excludes halogenated alkanes) is 1. The first-order valence-electron chi connectivity index (χ1n) is 6.41. The van der Waals surface area contributed by atoms with E-state index >= 15 is 0 Å². The van der Waals surface area contributed by atoms with E-state index < -0.39 is 0 Å². The van der Waals surface area contributed by atoms with E-state index in [0.29, 0.717) is 19.5 Å². The van der Waals surface area contributed by atoms with Crippen molar-refractivity contribution in [3.05, 3.63) is 0 Å². The van der Waals surface area contributed by atoms with Crippen molar-refractivity contribution >= 4 is 27.5 Å². The highest BCUT2D eigenvalue weighted by molar-refractivity contribution is 8.76. The highest BCUT2D eigenvalue weighted by Gasteiger charge is 2.01. The fraction of sp³-hybridized carbons (Fsp3) is 0.917. The SMILES string of the molecule is CCC(C)CSSCCCCC(=O)NCCN. The number of amides is 1. The summed E-state index contributed by atoms with van der Waals surface area (Å²) in [5.41, 5.74) is 5.30. The Hall–Kier alpha value is 0.130. The number of rotatable bonds is 11. The number of hydrogen-bond acceptors (Lipinski definition) is 4. The van der Waals surface area contributed by atoms with Gasteiger partial charge in [0.05, 0.1) is 0 Å². The van der Waals surface area contributed by atoms with Crippen molar-refractivity contribution in [2.45, 2.75) is 39.5 Å². The average Bonchev–Trinajstić information content (AvgIpc) is 2.34. The van der Waals surface area contributed by atoms with Gasteiger partial charge < -0.3 is 11.1 Å². The average molecular weight is 278 g/mol. The summed E-state index contributed by atoms with van der Waals surface area (Å²) in [4.78, 5) is 11.2. The van der Waals surface area contributed by atoms with E-state index in [2.05, 4.69) is 19.2 Å². The molecule has 0 saturated carbocycles. The third-order valence-corrected chi connectivity index (χ3v) is 5.22. The maximum absolute atomic E-state index is 11.2. The third kappa shape index (κ3) is 12.4. The van der Waals surface area contributed by atoms with Crippen molar-refractivity contribution in [2.24, 2.45) is 11.7 Å². The number of nitrogens with two attached hydrogens (primary N) is 1. The van der Waals surface area contributed by atoms with Crippen molar-refractivity contribution in [1.29, 1.82) is 0 Å². The molecule has 0 fully saturated rings. The van der Waals surface area contributed by atoms with E-state index in [4.69, 9.17) is 5.73 Å². The minimum atomic E-state index is 0.132. The molecule has 0 aromatic rings. The van der Waals surface area contributed by atoms with Crippen LogP contribution in [-0.4, -0.2) is 30.5 Å². The Morgan fingerprint density at radius 3 is 2.76 bits per heavy atom. The molecule has 0 aromatic heterocycles. The zero-order valence-electron chi connectivity index (χ0n) is 11.0. The van der Waals surface area contributed by atoms with Gasteiger partial charge in [-0.25, -0.2) is 0 Å². The molecule has 0 aromatic carbocycles. The van der Waals surface area contributed by atoms with E-state index in [1.165, 1.54) is 12.2 Å². The van der Waals surface area contributed by atoms with E-state index in [0.717, 1.165) is 24.5 Å². The molecular formula is C12H26N2OS2. The van der Waals surface area contributed by atoms with Gasteiger partial charge in [-0.3, -0.25) is 4.79 Å². The van der Waals surface area contributed by atoms with E-state index in [1.54, 1.807) is 0 Å². The van der Waals surface area contributed by atoms with Gasteiger partial charge in [0.2, 0.25) is 5.91 Å². The molecule has 102 valence electrons. The first kappa shape index (κ1) is 17.1. The summed E-state index contributed by atoms with van der Waals surface area (Å²) in [6, 6.07) is 0. The molecule has 0 aliphatic carbocycles. The summed E-state index contributed by atoms with van der Waals surface area (Å²) in [5, 5.41) is 2.78. The van der Waals surface area contributed by atoms with Gasteiger partial charge in [-0.2, -0.15) is 0 Å². The minimum Gasteiger partial charge on any atom is -0.355 e. The maximum Gasteiger partial charge on any atom is 0.220 e. The van der Waals surface area contributed by atoms with Gasteiger partial charge in [-0.15, -0.1) is 0 Å². The fourth-order valence-electron chi connectivity index (χ4n) is 1.09. The van der Waals surface area contributed by atoms with Crippen LogP contribution in [0.1, 0.15) is 39.5 Å². The van der Waals surface area contributed by atoms with Crippen LogP contribution in [0.2, 0.25) is 0 Å². The van der Waals surface area contributed by atoms with Crippen LogP contribution in [0.4, 0.5) is 0 Å². The molecule has 1 unspecified atom stereocenters. The van der Waals surface area contributed by atoms with Gasteiger partial charge in [0.25, 0.3) is 0 Å². The third-order valence-electron chi connectivity index (χ3n) is 2.48. The largest absolute Gasteiger partial charge is 0.355 e. The van der Waals surface area contributed by atoms with Crippen molar-refractivity contribution in [1.82, 2.24) is 5.32 Å². The Labute approximate surface area is 113 Å². The van der Waals surface area contributed by atoms with Crippen molar-refractivity contribution in [3.8, 4) is 0 Å². The Balaban J connectivity index is 3.15. The normalized spacial score (nSPS) is 12.4. The Morgan fingerprint density at radius 2 is 2.12 bits per heavy atom. The smallest absolute Gasteiger partial charge is 0.220 e. The second kappa shape index (κ2) is 12.6. The van der Waals surface area contributed by atoms with Crippen LogP contribution >= 0.6 is 21.6 Å². The van der Waals surface area contributed by atoms with Gasteiger partial charge in [0.1, 0.15) is 0 Å². The molecule has 0 saturated heterocycles. The molecule has 1 amide bonds. The molecule has 0 radical (unpaired) electrons. The van der Waals surface area contributed by atoms with Crippen LogP contribution in [-0.2, 0) is 4.79 Å². The molecule has 0 rings (SSSR count). The quantitative estimate of drug-likeness (QED) is 0.451. The number of nitrogens with one attached hydrogen (secondary N) is 1. The number of carbonyl (C=O) groups is 1. The fourth-order valence-corrected chi connectivity index (χ4v) is 3.78. The van der Waals surface area contributed by atoms with Gasteiger partial charge in [0, 0.05) is 31.0 Å². The highest BCUT2D eigenvalue weighted by atomic mass is 33.1. The monoisotopic (exact) mass is 278 g/mol. The van der Waals surface area contributed by atoms with Gasteiger partial charge in [-0.1, -0.05) is 41.9 Å². The predicted octanol–water partition coefficient (Wildman–Crippen LogP) is 2.66. The van der Waals surface area contributed by atoms with Crippen LogP contribution in [0, 0.1) is 5.92 Å². The summed E-state index contributed by atoms with van der Waals surface area (Å²) in [6.45, 7) is 5.64. The van der Waals surface area contributed by atoms with Crippen LogP contribution < -0.4 is 11.1 Å². The predicted molar refractivity (Wildman–Crippen MR) is 80.3 cm³/mol. The van der Waals surface area contributed by atoms with Crippen LogP contribution in [0.3, 0.4) is 0 Å². The summed E-state index contributed by atoms with van der Waals surface area (Å²) in [5.74, 6) is 3.32. The second-order valence-corrected chi connectivity index (χ2v) is 6.84. The lowest BCUT2D eigenvalue weighted by molar-refractivity contribution is -0.121. The molecule has 1 atom stereocenters. The summed E-state index contributed by atoms with van der Waals surface area (Å²) in [7, 11) is 3.89. The summed E-state index contributed by atoms with van der Waals surface area (Å²) in [6.07, 6.45) is 3.99. The van der Waals surface area contributed by atoms with Gasteiger partial charge in [-0.05, 0) is 18.8 Å². The summed E-state index contributed by atoms with van der Waals surface area (Å²) >= 11 is 0. The van der Waals surface area contributed by atoms with E-state index in [1.807, 2.05) is 21.6 Å². The topological polar surface area (TPSA) is 55.1 Å². The van der Waals surface area contributed by atoms with Crippen molar-refractivity contribution < 1.29 is 4.79 Å². The van der Waals surface area contributed by atoms with E-state index in [9.17, 15) is 4.79 Å². The number of carbonyl (C=O) groups excluding carboxylic acids is 1. The first-order chi connectivity index (χ1) is 8.20.